The fourth-order valence-corrected chi connectivity index (χ4v) is 4.56. The molecule has 2 heterocycles. The normalized spacial score (nSPS) is 11.1. The number of halogens is 1. The van der Waals surface area contributed by atoms with Crippen molar-refractivity contribution < 1.29 is 9.15 Å². The summed E-state index contributed by atoms with van der Waals surface area (Å²) in [7, 11) is 0. The lowest BCUT2D eigenvalue weighted by molar-refractivity contribution is 0.306. The second-order valence-corrected chi connectivity index (χ2v) is 9.63. The van der Waals surface area contributed by atoms with Gasteiger partial charge in [0, 0.05) is 23.1 Å². The number of unbranched alkanes of at least 4 members (excludes halogenated alkanes) is 2. The van der Waals surface area contributed by atoms with Crippen LogP contribution in [-0.2, 0) is 13.0 Å². The van der Waals surface area contributed by atoms with E-state index < -0.39 is 0 Å². The Morgan fingerprint density at radius 1 is 0.946 bits per heavy atom. The molecule has 0 saturated heterocycles. The van der Waals surface area contributed by atoms with Gasteiger partial charge in [-0.25, -0.2) is 9.97 Å². The summed E-state index contributed by atoms with van der Waals surface area (Å²) in [5, 5.41) is 4.83. The number of hydrogen-bond donors (Lipinski definition) is 1. The standard InChI is InChI=1S/C31H30ClN3O2/c1-3-4-5-9-25-12-15-29(37-25)23-10-13-28-26(17-23)31(34-20-33-28)35-24-11-14-30(27(32)18-24)36-19-22-8-6-7-21(2)16-22/h6-8,10-18,20H,3-5,9,19H2,1-2H3,(H,33,34,35). The fourth-order valence-electron chi connectivity index (χ4n) is 4.32. The zero-order chi connectivity index (χ0) is 25.6. The van der Waals surface area contributed by atoms with Crippen molar-refractivity contribution >= 4 is 34.0 Å². The van der Waals surface area contributed by atoms with Gasteiger partial charge in [-0.3, -0.25) is 0 Å². The number of fused-ring (bicyclic) bond motifs is 1. The average molecular weight is 512 g/mol. The summed E-state index contributed by atoms with van der Waals surface area (Å²) < 4.78 is 12.1. The van der Waals surface area contributed by atoms with Crippen LogP contribution in [0.15, 0.2) is 83.5 Å². The largest absolute Gasteiger partial charge is 0.487 e. The van der Waals surface area contributed by atoms with Crippen molar-refractivity contribution in [2.24, 2.45) is 0 Å². The lowest BCUT2D eigenvalue weighted by Gasteiger charge is -2.12. The summed E-state index contributed by atoms with van der Waals surface area (Å²) in [5.41, 5.74) is 4.96. The number of nitrogens with one attached hydrogen (secondary N) is 1. The van der Waals surface area contributed by atoms with E-state index in [1.54, 1.807) is 6.33 Å². The second-order valence-electron chi connectivity index (χ2n) is 9.23. The molecule has 5 rings (SSSR count). The Hall–Kier alpha value is -3.83. The summed E-state index contributed by atoms with van der Waals surface area (Å²) in [5.74, 6) is 3.20. The first-order chi connectivity index (χ1) is 18.1. The molecule has 3 aromatic carbocycles. The maximum Gasteiger partial charge on any atom is 0.141 e. The van der Waals surface area contributed by atoms with E-state index in [-0.39, 0.29) is 0 Å². The Morgan fingerprint density at radius 2 is 1.86 bits per heavy atom. The van der Waals surface area contributed by atoms with E-state index >= 15 is 0 Å². The van der Waals surface area contributed by atoms with Crippen molar-refractivity contribution in [2.75, 3.05) is 5.32 Å². The van der Waals surface area contributed by atoms with Crippen LogP contribution < -0.4 is 10.1 Å². The van der Waals surface area contributed by atoms with Crippen LogP contribution >= 0.6 is 11.6 Å². The van der Waals surface area contributed by atoms with E-state index in [2.05, 4.69) is 53.4 Å². The highest BCUT2D eigenvalue weighted by Crippen LogP contribution is 2.33. The van der Waals surface area contributed by atoms with Gasteiger partial charge in [-0.2, -0.15) is 0 Å². The fraction of sp³-hybridized carbons (Fsp3) is 0.226. The Morgan fingerprint density at radius 3 is 2.70 bits per heavy atom. The minimum absolute atomic E-state index is 0.459. The molecule has 6 heteroatoms. The lowest BCUT2D eigenvalue weighted by atomic mass is 10.1. The highest BCUT2D eigenvalue weighted by Gasteiger charge is 2.11. The van der Waals surface area contributed by atoms with Gasteiger partial charge in [0.25, 0.3) is 0 Å². The van der Waals surface area contributed by atoms with E-state index in [0.717, 1.165) is 52.1 Å². The number of benzene rings is 3. The molecule has 0 saturated carbocycles. The molecule has 0 radical (unpaired) electrons. The van der Waals surface area contributed by atoms with Gasteiger partial charge in [-0.1, -0.05) is 61.2 Å². The number of aromatic nitrogens is 2. The molecule has 0 unspecified atom stereocenters. The monoisotopic (exact) mass is 511 g/mol. The van der Waals surface area contributed by atoms with Gasteiger partial charge < -0.3 is 14.5 Å². The van der Waals surface area contributed by atoms with E-state index in [1.165, 1.54) is 18.4 Å². The predicted octanol–water partition coefficient (Wildman–Crippen LogP) is 8.91. The molecular formula is C31H30ClN3O2. The van der Waals surface area contributed by atoms with Crippen LogP contribution in [0.4, 0.5) is 11.5 Å². The first kappa shape index (κ1) is 24.8. The van der Waals surface area contributed by atoms with Crippen LogP contribution in [0.25, 0.3) is 22.2 Å². The molecule has 0 atom stereocenters. The highest BCUT2D eigenvalue weighted by atomic mass is 35.5. The van der Waals surface area contributed by atoms with Gasteiger partial charge in [0.15, 0.2) is 0 Å². The maximum absolute atomic E-state index is 6.55. The van der Waals surface area contributed by atoms with Crippen LogP contribution in [-0.4, -0.2) is 9.97 Å². The van der Waals surface area contributed by atoms with E-state index in [4.69, 9.17) is 20.8 Å². The first-order valence-corrected chi connectivity index (χ1v) is 13.1. The summed E-state index contributed by atoms with van der Waals surface area (Å²) in [6.07, 6.45) is 6.07. The SMILES string of the molecule is CCCCCc1ccc(-c2ccc3ncnc(Nc4ccc(OCc5cccc(C)c5)c(Cl)c4)c3c2)o1. The minimum atomic E-state index is 0.459. The molecule has 5 nitrogen and oxygen atoms in total. The van der Waals surface area contributed by atoms with Crippen LogP contribution in [0.5, 0.6) is 5.75 Å². The lowest BCUT2D eigenvalue weighted by Crippen LogP contribution is -1.98. The molecule has 37 heavy (non-hydrogen) atoms. The molecule has 188 valence electrons. The Kier molecular flexibility index (Phi) is 7.71. The van der Waals surface area contributed by atoms with Crippen molar-refractivity contribution in [1.29, 1.82) is 0 Å². The Balaban J connectivity index is 1.33. The molecule has 0 aliphatic rings. The van der Waals surface area contributed by atoms with Gasteiger partial charge in [0.1, 0.15) is 36.0 Å². The number of hydrogen-bond acceptors (Lipinski definition) is 5. The van der Waals surface area contributed by atoms with E-state index in [9.17, 15) is 0 Å². The quantitative estimate of drug-likeness (QED) is 0.190. The number of rotatable bonds is 10. The van der Waals surface area contributed by atoms with Gasteiger partial charge in [-0.15, -0.1) is 0 Å². The van der Waals surface area contributed by atoms with Gasteiger partial charge in [0.2, 0.25) is 0 Å². The van der Waals surface area contributed by atoms with Crippen LogP contribution in [0.2, 0.25) is 5.02 Å². The Bertz CT molecular complexity index is 1510. The van der Waals surface area contributed by atoms with Crippen LogP contribution in [0.1, 0.15) is 43.1 Å². The minimum Gasteiger partial charge on any atom is -0.487 e. The van der Waals surface area contributed by atoms with Gasteiger partial charge >= 0.3 is 0 Å². The molecule has 0 spiro atoms. The van der Waals surface area contributed by atoms with Gasteiger partial charge in [-0.05, 0) is 67.4 Å². The van der Waals surface area contributed by atoms with E-state index in [1.807, 2.05) is 48.5 Å². The zero-order valence-corrected chi connectivity index (χ0v) is 21.9. The molecule has 5 aromatic rings. The number of furan rings is 1. The summed E-state index contributed by atoms with van der Waals surface area (Å²) in [4.78, 5) is 8.94. The third-order valence-electron chi connectivity index (χ3n) is 6.28. The molecule has 0 amide bonds. The molecule has 1 N–H and O–H groups in total. The van der Waals surface area contributed by atoms with Crippen molar-refractivity contribution in [1.82, 2.24) is 9.97 Å². The maximum atomic E-state index is 6.55. The van der Waals surface area contributed by atoms with Crippen LogP contribution in [0, 0.1) is 6.92 Å². The number of ether oxygens (including phenoxy) is 1. The average Bonchev–Trinajstić information content (AvgIpc) is 3.37. The smallest absolute Gasteiger partial charge is 0.141 e. The summed E-state index contributed by atoms with van der Waals surface area (Å²) in [6, 6.07) is 24.1. The van der Waals surface area contributed by atoms with Gasteiger partial charge in [0.05, 0.1) is 10.5 Å². The van der Waals surface area contributed by atoms with Crippen molar-refractivity contribution in [2.45, 2.75) is 46.1 Å². The topological polar surface area (TPSA) is 60.2 Å². The summed E-state index contributed by atoms with van der Waals surface area (Å²) >= 11 is 6.55. The number of anilines is 2. The zero-order valence-electron chi connectivity index (χ0n) is 21.1. The molecule has 0 aliphatic heterocycles. The third-order valence-corrected chi connectivity index (χ3v) is 6.58. The first-order valence-electron chi connectivity index (χ1n) is 12.7. The van der Waals surface area contributed by atoms with E-state index in [0.29, 0.717) is 23.2 Å². The molecular weight excluding hydrogens is 482 g/mol. The van der Waals surface area contributed by atoms with Crippen molar-refractivity contribution in [3.05, 3.63) is 101 Å². The molecule has 0 fully saturated rings. The Labute approximate surface area is 222 Å². The molecule has 0 bridgehead atoms. The predicted molar refractivity (Wildman–Crippen MR) is 151 cm³/mol. The number of aryl methyl sites for hydroxylation is 2. The van der Waals surface area contributed by atoms with Crippen LogP contribution in [0.3, 0.4) is 0 Å². The van der Waals surface area contributed by atoms with Crippen molar-refractivity contribution in [3.8, 4) is 17.1 Å². The molecule has 2 aromatic heterocycles. The molecule has 0 aliphatic carbocycles. The summed E-state index contributed by atoms with van der Waals surface area (Å²) in [6.45, 7) is 4.73. The van der Waals surface area contributed by atoms with Crippen molar-refractivity contribution in [3.63, 3.8) is 0 Å². The highest BCUT2D eigenvalue weighted by molar-refractivity contribution is 6.32. The second kappa shape index (κ2) is 11.5. The number of nitrogens with zero attached hydrogens (tertiary/aromatic N) is 2. The third kappa shape index (κ3) is 6.12.